The summed E-state index contributed by atoms with van der Waals surface area (Å²) >= 11 is 6.47. The minimum absolute atomic E-state index is 0.203. The number of hydrogen-bond acceptors (Lipinski definition) is 2. The van der Waals surface area contributed by atoms with Gasteiger partial charge in [0.25, 0.3) is 0 Å². The Morgan fingerprint density at radius 1 is 1.00 bits per heavy atom. The SMILES string of the molecule is COc1ccc(C(Cl)c2cc(C)ccc2OC)cc1F. The van der Waals surface area contributed by atoms with E-state index in [0.717, 1.165) is 11.1 Å². The highest BCUT2D eigenvalue weighted by Gasteiger charge is 2.17. The van der Waals surface area contributed by atoms with Gasteiger partial charge in [-0.15, -0.1) is 11.6 Å². The van der Waals surface area contributed by atoms with Crippen molar-refractivity contribution in [2.75, 3.05) is 14.2 Å². The van der Waals surface area contributed by atoms with E-state index < -0.39 is 11.2 Å². The molecule has 2 nitrogen and oxygen atoms in total. The summed E-state index contributed by atoms with van der Waals surface area (Å²) in [7, 11) is 3.02. The molecule has 0 heterocycles. The summed E-state index contributed by atoms with van der Waals surface area (Å²) in [4.78, 5) is 0. The third kappa shape index (κ3) is 2.88. The fourth-order valence-electron chi connectivity index (χ4n) is 2.07. The largest absolute Gasteiger partial charge is 0.496 e. The van der Waals surface area contributed by atoms with Crippen molar-refractivity contribution >= 4 is 11.6 Å². The van der Waals surface area contributed by atoms with Crippen molar-refractivity contribution in [1.82, 2.24) is 0 Å². The Bertz CT molecular complexity index is 613. The molecule has 0 saturated carbocycles. The number of benzene rings is 2. The van der Waals surface area contributed by atoms with Gasteiger partial charge in [0.15, 0.2) is 11.6 Å². The Morgan fingerprint density at radius 2 is 1.65 bits per heavy atom. The van der Waals surface area contributed by atoms with Gasteiger partial charge in [-0.05, 0) is 30.7 Å². The fraction of sp³-hybridized carbons (Fsp3) is 0.250. The van der Waals surface area contributed by atoms with Crippen LogP contribution in [0.2, 0.25) is 0 Å². The summed E-state index contributed by atoms with van der Waals surface area (Å²) < 4.78 is 24.0. The Hall–Kier alpha value is -1.74. The zero-order chi connectivity index (χ0) is 14.7. The van der Waals surface area contributed by atoms with Gasteiger partial charge in [-0.25, -0.2) is 4.39 Å². The van der Waals surface area contributed by atoms with Gasteiger partial charge in [0.1, 0.15) is 5.75 Å². The number of hydrogen-bond donors (Lipinski definition) is 0. The summed E-state index contributed by atoms with van der Waals surface area (Å²) in [5, 5.41) is -0.481. The van der Waals surface area contributed by atoms with Crippen LogP contribution in [0.4, 0.5) is 4.39 Å². The van der Waals surface area contributed by atoms with Crippen LogP contribution in [0.5, 0.6) is 11.5 Å². The first-order valence-electron chi connectivity index (χ1n) is 6.19. The molecule has 4 heteroatoms. The predicted octanol–water partition coefficient (Wildman–Crippen LogP) is 4.48. The summed E-state index contributed by atoms with van der Waals surface area (Å²) in [5.41, 5.74) is 2.55. The standard InChI is InChI=1S/C16H16ClFO2/c1-10-4-6-14(19-2)12(8-10)16(17)11-5-7-15(20-3)13(18)9-11/h4-9,16H,1-3H3. The van der Waals surface area contributed by atoms with Crippen LogP contribution in [-0.4, -0.2) is 14.2 Å². The molecule has 2 aromatic rings. The first-order chi connectivity index (χ1) is 9.56. The minimum Gasteiger partial charge on any atom is -0.496 e. The van der Waals surface area contributed by atoms with Gasteiger partial charge in [-0.1, -0.05) is 23.8 Å². The second-order valence-corrected chi connectivity index (χ2v) is 4.94. The quantitative estimate of drug-likeness (QED) is 0.774. The van der Waals surface area contributed by atoms with E-state index in [1.54, 1.807) is 19.2 Å². The van der Waals surface area contributed by atoms with E-state index in [9.17, 15) is 4.39 Å². The molecule has 0 fully saturated rings. The van der Waals surface area contributed by atoms with Crippen LogP contribution in [0.1, 0.15) is 22.1 Å². The topological polar surface area (TPSA) is 18.5 Å². The molecular formula is C16H16ClFO2. The van der Waals surface area contributed by atoms with Gasteiger partial charge < -0.3 is 9.47 Å². The Morgan fingerprint density at radius 3 is 2.25 bits per heavy atom. The van der Waals surface area contributed by atoms with E-state index >= 15 is 0 Å². The maximum atomic E-state index is 13.8. The molecule has 2 rings (SSSR count). The third-order valence-corrected chi connectivity index (χ3v) is 3.61. The second-order valence-electron chi connectivity index (χ2n) is 4.50. The van der Waals surface area contributed by atoms with E-state index in [-0.39, 0.29) is 5.75 Å². The monoisotopic (exact) mass is 294 g/mol. The molecule has 0 aliphatic rings. The molecule has 0 saturated heterocycles. The summed E-state index contributed by atoms with van der Waals surface area (Å²) in [6.45, 7) is 1.97. The number of halogens is 2. The first kappa shape index (κ1) is 14.7. The van der Waals surface area contributed by atoms with Crippen molar-refractivity contribution in [2.45, 2.75) is 12.3 Å². The van der Waals surface area contributed by atoms with Crippen LogP contribution < -0.4 is 9.47 Å². The van der Waals surface area contributed by atoms with Crippen LogP contribution in [0, 0.1) is 12.7 Å². The highest BCUT2D eigenvalue weighted by molar-refractivity contribution is 6.22. The van der Waals surface area contributed by atoms with Crippen molar-refractivity contribution in [3.8, 4) is 11.5 Å². The summed E-state index contributed by atoms with van der Waals surface area (Å²) in [6.07, 6.45) is 0. The van der Waals surface area contributed by atoms with Crippen molar-refractivity contribution in [1.29, 1.82) is 0 Å². The molecule has 20 heavy (non-hydrogen) atoms. The van der Waals surface area contributed by atoms with Crippen LogP contribution in [0.15, 0.2) is 36.4 Å². The molecule has 0 spiro atoms. The number of rotatable bonds is 4. The van der Waals surface area contributed by atoms with Gasteiger partial charge in [0, 0.05) is 5.56 Å². The van der Waals surface area contributed by atoms with Crippen LogP contribution in [0.3, 0.4) is 0 Å². The van der Waals surface area contributed by atoms with E-state index in [2.05, 4.69) is 0 Å². The summed E-state index contributed by atoms with van der Waals surface area (Å²) in [5.74, 6) is 0.461. The number of aryl methyl sites for hydroxylation is 1. The van der Waals surface area contributed by atoms with Gasteiger partial charge >= 0.3 is 0 Å². The van der Waals surface area contributed by atoms with Crippen LogP contribution in [-0.2, 0) is 0 Å². The van der Waals surface area contributed by atoms with Crippen molar-refractivity contribution < 1.29 is 13.9 Å². The lowest BCUT2D eigenvalue weighted by atomic mass is 10.0. The molecule has 0 aliphatic heterocycles. The lowest BCUT2D eigenvalue weighted by Crippen LogP contribution is -1.99. The van der Waals surface area contributed by atoms with Gasteiger partial charge in [0.05, 0.1) is 19.6 Å². The normalized spacial score (nSPS) is 12.1. The minimum atomic E-state index is -0.481. The van der Waals surface area contributed by atoms with Crippen LogP contribution in [0.25, 0.3) is 0 Å². The predicted molar refractivity (Wildman–Crippen MR) is 78.4 cm³/mol. The van der Waals surface area contributed by atoms with Gasteiger partial charge in [-0.2, -0.15) is 0 Å². The average Bonchev–Trinajstić information content (AvgIpc) is 2.46. The van der Waals surface area contributed by atoms with Gasteiger partial charge in [0.2, 0.25) is 0 Å². The molecule has 0 radical (unpaired) electrons. The Balaban J connectivity index is 2.43. The van der Waals surface area contributed by atoms with Crippen molar-refractivity contribution in [3.05, 3.63) is 58.9 Å². The highest BCUT2D eigenvalue weighted by Crippen LogP contribution is 2.36. The molecule has 0 aromatic heterocycles. The van der Waals surface area contributed by atoms with Gasteiger partial charge in [-0.3, -0.25) is 0 Å². The van der Waals surface area contributed by atoms with E-state index in [1.807, 2.05) is 25.1 Å². The zero-order valence-corrected chi connectivity index (χ0v) is 12.4. The van der Waals surface area contributed by atoms with E-state index in [4.69, 9.17) is 21.1 Å². The highest BCUT2D eigenvalue weighted by atomic mass is 35.5. The number of ether oxygens (including phenoxy) is 2. The third-order valence-electron chi connectivity index (χ3n) is 3.13. The maximum absolute atomic E-state index is 13.8. The molecule has 0 amide bonds. The average molecular weight is 295 g/mol. The zero-order valence-electron chi connectivity index (χ0n) is 11.6. The van der Waals surface area contributed by atoms with E-state index in [1.165, 1.54) is 13.2 Å². The molecule has 106 valence electrons. The molecule has 1 atom stereocenters. The Labute approximate surface area is 123 Å². The molecular weight excluding hydrogens is 279 g/mol. The van der Waals surface area contributed by atoms with Crippen molar-refractivity contribution in [3.63, 3.8) is 0 Å². The fourth-order valence-corrected chi connectivity index (χ4v) is 2.38. The van der Waals surface area contributed by atoms with Crippen molar-refractivity contribution in [2.24, 2.45) is 0 Å². The lowest BCUT2D eigenvalue weighted by molar-refractivity contribution is 0.386. The first-order valence-corrected chi connectivity index (χ1v) is 6.62. The maximum Gasteiger partial charge on any atom is 0.165 e. The second kappa shape index (κ2) is 6.14. The number of methoxy groups -OCH3 is 2. The lowest BCUT2D eigenvalue weighted by Gasteiger charge is -2.16. The molecule has 1 unspecified atom stereocenters. The summed E-state index contributed by atoms with van der Waals surface area (Å²) in [6, 6.07) is 10.5. The Kier molecular flexibility index (Phi) is 4.50. The number of alkyl halides is 1. The molecule has 0 bridgehead atoms. The molecule has 2 aromatic carbocycles. The molecule has 0 N–H and O–H groups in total. The van der Waals surface area contributed by atoms with E-state index in [0.29, 0.717) is 11.3 Å². The smallest absolute Gasteiger partial charge is 0.165 e. The molecule has 0 aliphatic carbocycles. The van der Waals surface area contributed by atoms with Crippen LogP contribution >= 0.6 is 11.6 Å².